The van der Waals surface area contributed by atoms with E-state index in [0.717, 1.165) is 17.1 Å². The van der Waals surface area contributed by atoms with Crippen LogP contribution in [0.2, 0.25) is 5.02 Å². The summed E-state index contributed by atoms with van der Waals surface area (Å²) in [6, 6.07) is 9.28. The third kappa shape index (κ3) is 3.85. The molecule has 0 bridgehead atoms. The van der Waals surface area contributed by atoms with Crippen molar-refractivity contribution in [3.8, 4) is 11.5 Å². The largest absolute Gasteiger partial charge is 0.495 e. The van der Waals surface area contributed by atoms with E-state index in [1.165, 1.54) is 0 Å². The van der Waals surface area contributed by atoms with Gasteiger partial charge in [0.1, 0.15) is 18.1 Å². The van der Waals surface area contributed by atoms with E-state index in [1.54, 1.807) is 31.6 Å². The summed E-state index contributed by atoms with van der Waals surface area (Å²) in [6.07, 6.45) is 3.48. The van der Waals surface area contributed by atoms with Crippen molar-refractivity contribution in [3.63, 3.8) is 0 Å². The first-order chi connectivity index (χ1) is 9.72. The summed E-state index contributed by atoms with van der Waals surface area (Å²) in [4.78, 5) is 4.15. The Morgan fingerprint density at radius 3 is 2.60 bits per heavy atom. The standard InChI is InChI=1S/C15H17ClN2O2/c1-17-15(11-7-14(19-2)9-18-8-11)10-20-13-5-3-12(16)4-6-13/h3-9,15,17H,10H2,1-2H3. The summed E-state index contributed by atoms with van der Waals surface area (Å²) < 4.78 is 10.9. The minimum atomic E-state index is 0.0354. The van der Waals surface area contributed by atoms with E-state index >= 15 is 0 Å². The first-order valence-corrected chi connectivity index (χ1v) is 6.65. The monoisotopic (exact) mass is 292 g/mol. The average molecular weight is 293 g/mol. The van der Waals surface area contributed by atoms with Crippen LogP contribution in [-0.2, 0) is 0 Å². The van der Waals surface area contributed by atoms with Gasteiger partial charge >= 0.3 is 0 Å². The van der Waals surface area contributed by atoms with Gasteiger partial charge in [-0.1, -0.05) is 11.6 Å². The second-order valence-corrected chi connectivity index (χ2v) is 4.70. The molecule has 1 aromatic heterocycles. The molecule has 1 atom stereocenters. The molecule has 0 fully saturated rings. The van der Waals surface area contributed by atoms with Crippen molar-refractivity contribution >= 4 is 11.6 Å². The smallest absolute Gasteiger partial charge is 0.137 e. The third-order valence-electron chi connectivity index (χ3n) is 2.95. The highest BCUT2D eigenvalue weighted by Gasteiger charge is 2.11. The summed E-state index contributed by atoms with van der Waals surface area (Å²) in [7, 11) is 3.51. The van der Waals surface area contributed by atoms with Gasteiger partial charge in [0, 0.05) is 11.2 Å². The molecule has 0 amide bonds. The predicted molar refractivity (Wildman–Crippen MR) is 79.5 cm³/mol. The number of halogens is 1. The molecule has 0 radical (unpaired) electrons. The Morgan fingerprint density at radius 1 is 1.20 bits per heavy atom. The van der Waals surface area contributed by atoms with Gasteiger partial charge in [0.05, 0.1) is 19.3 Å². The maximum Gasteiger partial charge on any atom is 0.137 e. The number of hydrogen-bond acceptors (Lipinski definition) is 4. The molecular formula is C15H17ClN2O2. The van der Waals surface area contributed by atoms with Crippen LogP contribution in [0.1, 0.15) is 11.6 Å². The number of pyridine rings is 1. The fourth-order valence-electron chi connectivity index (χ4n) is 1.79. The summed E-state index contributed by atoms with van der Waals surface area (Å²) >= 11 is 5.84. The molecule has 5 heteroatoms. The number of methoxy groups -OCH3 is 1. The quantitative estimate of drug-likeness (QED) is 0.888. The molecule has 0 saturated heterocycles. The molecule has 0 aliphatic heterocycles. The normalized spacial score (nSPS) is 11.9. The van der Waals surface area contributed by atoms with Crippen molar-refractivity contribution in [2.45, 2.75) is 6.04 Å². The van der Waals surface area contributed by atoms with Crippen LogP contribution >= 0.6 is 11.6 Å². The SMILES string of the molecule is CNC(COc1ccc(Cl)cc1)c1cncc(OC)c1. The van der Waals surface area contributed by atoms with E-state index in [9.17, 15) is 0 Å². The fraction of sp³-hybridized carbons (Fsp3) is 0.267. The molecule has 2 rings (SSSR count). The number of rotatable bonds is 6. The van der Waals surface area contributed by atoms with Gasteiger partial charge in [-0.2, -0.15) is 0 Å². The van der Waals surface area contributed by atoms with Gasteiger partial charge in [-0.3, -0.25) is 4.98 Å². The Bertz CT molecular complexity index is 546. The lowest BCUT2D eigenvalue weighted by Crippen LogP contribution is -2.23. The van der Waals surface area contributed by atoms with Gasteiger partial charge in [-0.15, -0.1) is 0 Å². The van der Waals surface area contributed by atoms with E-state index in [1.807, 2.05) is 25.2 Å². The van der Waals surface area contributed by atoms with E-state index in [2.05, 4.69) is 10.3 Å². The molecule has 20 heavy (non-hydrogen) atoms. The number of ether oxygens (including phenoxy) is 2. The van der Waals surface area contributed by atoms with E-state index in [-0.39, 0.29) is 6.04 Å². The van der Waals surface area contributed by atoms with Crippen molar-refractivity contribution in [2.75, 3.05) is 20.8 Å². The van der Waals surface area contributed by atoms with Gasteiger partial charge < -0.3 is 14.8 Å². The molecule has 1 N–H and O–H groups in total. The van der Waals surface area contributed by atoms with Crippen molar-refractivity contribution < 1.29 is 9.47 Å². The van der Waals surface area contributed by atoms with E-state index in [4.69, 9.17) is 21.1 Å². The van der Waals surface area contributed by atoms with Gasteiger partial charge in [-0.25, -0.2) is 0 Å². The minimum Gasteiger partial charge on any atom is -0.495 e. The Hall–Kier alpha value is -1.78. The first-order valence-electron chi connectivity index (χ1n) is 6.27. The highest BCUT2D eigenvalue weighted by Crippen LogP contribution is 2.20. The van der Waals surface area contributed by atoms with Gasteiger partial charge in [-0.05, 0) is 42.9 Å². The summed E-state index contributed by atoms with van der Waals surface area (Å²) in [5, 5.41) is 3.90. The predicted octanol–water partition coefficient (Wildman–Crippen LogP) is 3.08. The zero-order valence-electron chi connectivity index (χ0n) is 11.5. The Labute approximate surface area is 123 Å². The molecule has 0 saturated carbocycles. The molecule has 0 aliphatic rings. The average Bonchev–Trinajstić information content (AvgIpc) is 2.50. The zero-order valence-corrected chi connectivity index (χ0v) is 12.2. The molecule has 1 heterocycles. The molecule has 2 aromatic rings. The summed E-state index contributed by atoms with van der Waals surface area (Å²) in [6.45, 7) is 0.493. The summed E-state index contributed by atoms with van der Waals surface area (Å²) in [5.74, 6) is 1.51. The van der Waals surface area contributed by atoms with Gasteiger partial charge in [0.25, 0.3) is 0 Å². The highest BCUT2D eigenvalue weighted by molar-refractivity contribution is 6.30. The number of likely N-dealkylation sites (N-methyl/N-ethyl adjacent to an activating group) is 1. The van der Waals surface area contributed by atoms with Crippen LogP contribution in [0.15, 0.2) is 42.7 Å². The molecule has 0 aliphatic carbocycles. The number of hydrogen-bond donors (Lipinski definition) is 1. The zero-order chi connectivity index (χ0) is 14.4. The number of benzene rings is 1. The minimum absolute atomic E-state index is 0.0354. The molecule has 106 valence electrons. The second-order valence-electron chi connectivity index (χ2n) is 4.26. The van der Waals surface area contributed by atoms with Crippen molar-refractivity contribution in [1.29, 1.82) is 0 Å². The molecule has 1 unspecified atom stereocenters. The maximum atomic E-state index is 5.84. The maximum absolute atomic E-state index is 5.84. The number of nitrogens with zero attached hydrogens (tertiary/aromatic N) is 1. The van der Waals surface area contributed by atoms with Crippen molar-refractivity contribution in [1.82, 2.24) is 10.3 Å². The third-order valence-corrected chi connectivity index (χ3v) is 3.20. The lowest BCUT2D eigenvalue weighted by Gasteiger charge is -2.17. The van der Waals surface area contributed by atoms with E-state index < -0.39 is 0 Å². The van der Waals surface area contributed by atoms with Crippen LogP contribution in [0.25, 0.3) is 0 Å². The van der Waals surface area contributed by atoms with Crippen LogP contribution in [0.4, 0.5) is 0 Å². The molecule has 0 spiro atoms. The van der Waals surface area contributed by atoms with Gasteiger partial charge in [0.15, 0.2) is 0 Å². The molecular weight excluding hydrogens is 276 g/mol. The highest BCUT2D eigenvalue weighted by atomic mass is 35.5. The topological polar surface area (TPSA) is 43.4 Å². The van der Waals surface area contributed by atoms with E-state index in [0.29, 0.717) is 11.6 Å². The van der Waals surface area contributed by atoms with Crippen LogP contribution in [0.5, 0.6) is 11.5 Å². The Morgan fingerprint density at radius 2 is 1.95 bits per heavy atom. The van der Waals surface area contributed by atoms with Crippen LogP contribution in [0.3, 0.4) is 0 Å². The Kier molecular flexibility index (Phi) is 5.21. The second kappa shape index (κ2) is 7.12. The lowest BCUT2D eigenvalue weighted by atomic mass is 10.1. The number of aromatic nitrogens is 1. The van der Waals surface area contributed by atoms with Crippen molar-refractivity contribution in [2.24, 2.45) is 0 Å². The summed E-state index contributed by atoms with van der Waals surface area (Å²) in [5.41, 5.74) is 1.01. The lowest BCUT2D eigenvalue weighted by molar-refractivity contribution is 0.272. The van der Waals surface area contributed by atoms with Gasteiger partial charge in [0.2, 0.25) is 0 Å². The van der Waals surface area contributed by atoms with Crippen LogP contribution < -0.4 is 14.8 Å². The molecule has 4 nitrogen and oxygen atoms in total. The number of nitrogens with one attached hydrogen (secondary N) is 1. The molecule has 1 aromatic carbocycles. The van der Waals surface area contributed by atoms with Crippen molar-refractivity contribution in [3.05, 3.63) is 53.3 Å². The fourth-order valence-corrected chi connectivity index (χ4v) is 1.92. The van der Waals surface area contributed by atoms with Crippen LogP contribution in [-0.4, -0.2) is 25.7 Å². The first kappa shape index (κ1) is 14.6. The Balaban J connectivity index is 2.03. The van der Waals surface area contributed by atoms with Crippen LogP contribution in [0, 0.1) is 0 Å².